The third-order valence-corrected chi connectivity index (χ3v) is 8.43. The number of carbonyl (C=O) groups is 2. The van der Waals surface area contributed by atoms with Gasteiger partial charge in [0.25, 0.3) is 5.91 Å². The first-order valence-corrected chi connectivity index (χ1v) is 14.0. The lowest BCUT2D eigenvalue weighted by Gasteiger charge is -2.12. The molecule has 0 fully saturated rings. The number of nitrogens with one attached hydrogen (secondary N) is 1. The van der Waals surface area contributed by atoms with E-state index in [0.29, 0.717) is 32.4 Å². The Kier molecular flexibility index (Phi) is 7.17. The highest BCUT2D eigenvalue weighted by Gasteiger charge is 2.26. The van der Waals surface area contributed by atoms with Crippen LogP contribution >= 0.6 is 22.7 Å². The highest BCUT2D eigenvalue weighted by molar-refractivity contribution is 7.21. The monoisotopic (exact) mass is 535 g/mol. The fourth-order valence-electron chi connectivity index (χ4n) is 4.57. The van der Waals surface area contributed by atoms with Crippen molar-refractivity contribution in [2.24, 2.45) is 0 Å². The molecule has 1 aliphatic rings. The number of thiophene rings is 2. The molecule has 5 rings (SSSR count). The van der Waals surface area contributed by atoms with Gasteiger partial charge in [0, 0.05) is 22.0 Å². The van der Waals surface area contributed by atoms with Gasteiger partial charge in [-0.05, 0) is 68.9 Å². The number of hydrogen-bond acceptors (Lipinski definition) is 8. The van der Waals surface area contributed by atoms with E-state index in [1.807, 2.05) is 29.6 Å². The largest absolute Gasteiger partial charge is 0.497 e. The van der Waals surface area contributed by atoms with Crippen molar-refractivity contribution in [3.63, 3.8) is 0 Å². The van der Waals surface area contributed by atoms with Crippen molar-refractivity contribution in [3.8, 4) is 16.9 Å². The van der Waals surface area contributed by atoms with Gasteiger partial charge in [-0.25, -0.2) is 9.78 Å². The third-order valence-electron chi connectivity index (χ3n) is 6.42. The summed E-state index contributed by atoms with van der Waals surface area (Å²) < 4.78 is 10.8. The van der Waals surface area contributed by atoms with E-state index in [-0.39, 0.29) is 12.0 Å². The molecule has 0 radical (unpaired) electrons. The zero-order valence-electron chi connectivity index (χ0n) is 21.1. The van der Waals surface area contributed by atoms with Crippen LogP contribution in [-0.4, -0.2) is 30.1 Å². The molecule has 3 N–H and O–H groups in total. The predicted molar refractivity (Wildman–Crippen MR) is 150 cm³/mol. The van der Waals surface area contributed by atoms with Crippen LogP contribution in [0.3, 0.4) is 0 Å². The van der Waals surface area contributed by atoms with E-state index >= 15 is 0 Å². The summed E-state index contributed by atoms with van der Waals surface area (Å²) in [6.07, 6.45) is 5.11. The number of esters is 1. The summed E-state index contributed by atoms with van der Waals surface area (Å²) in [5.41, 5.74) is 11.0. The molecule has 7 nitrogen and oxygen atoms in total. The number of amides is 1. The highest BCUT2D eigenvalue weighted by Crippen LogP contribution is 2.39. The standard InChI is InChI=1S/C28H29N3O4S2/c1-15(2)35-28(33)22-20(16-9-11-18(34-3)12-10-16)14-36-27(22)31-25(32)24-23(29)19-13-17-7-5-4-6-8-21(17)30-26(19)37-24/h9-15H,4-8,29H2,1-3H3,(H,31,32). The maximum atomic E-state index is 13.4. The topological polar surface area (TPSA) is 104 Å². The molecule has 1 aromatic carbocycles. The quantitative estimate of drug-likeness (QED) is 0.210. The first-order chi connectivity index (χ1) is 17.9. The SMILES string of the molecule is COc1ccc(-c2csc(NC(=O)c3sc4nc5c(cc4c3N)CCCCC5)c2C(=O)OC(C)C)cc1. The number of nitrogen functional groups attached to an aromatic ring is 1. The number of anilines is 2. The van der Waals surface area contributed by atoms with Crippen molar-refractivity contribution in [1.29, 1.82) is 0 Å². The molecule has 0 saturated carbocycles. The Balaban J connectivity index is 1.50. The minimum atomic E-state index is -0.493. The predicted octanol–water partition coefficient (Wildman–Crippen LogP) is 6.70. The van der Waals surface area contributed by atoms with Crippen LogP contribution in [0.4, 0.5) is 10.7 Å². The number of fused-ring (bicyclic) bond motifs is 2. The Hall–Kier alpha value is -3.43. The molecular formula is C28H29N3O4S2. The first kappa shape index (κ1) is 25.2. The lowest BCUT2D eigenvalue weighted by Crippen LogP contribution is -2.16. The number of methoxy groups -OCH3 is 1. The van der Waals surface area contributed by atoms with Crippen molar-refractivity contribution >= 4 is 55.5 Å². The minimum absolute atomic E-state index is 0.306. The second-order valence-corrected chi connectivity index (χ2v) is 11.2. The molecule has 0 bridgehead atoms. The third kappa shape index (κ3) is 5.06. The number of pyridine rings is 1. The molecule has 0 spiro atoms. The van der Waals surface area contributed by atoms with Crippen LogP contribution in [0.25, 0.3) is 21.3 Å². The Labute approximate surface area is 223 Å². The lowest BCUT2D eigenvalue weighted by molar-refractivity contribution is 0.0380. The van der Waals surface area contributed by atoms with E-state index in [1.54, 1.807) is 21.0 Å². The Morgan fingerprint density at radius 1 is 1.11 bits per heavy atom. The van der Waals surface area contributed by atoms with Gasteiger partial charge in [-0.15, -0.1) is 22.7 Å². The van der Waals surface area contributed by atoms with E-state index in [4.69, 9.17) is 20.2 Å². The molecule has 3 heterocycles. The number of benzene rings is 1. The van der Waals surface area contributed by atoms with Gasteiger partial charge in [0.15, 0.2) is 0 Å². The van der Waals surface area contributed by atoms with Crippen molar-refractivity contribution in [1.82, 2.24) is 4.98 Å². The van der Waals surface area contributed by atoms with Crippen LogP contribution in [0.15, 0.2) is 35.7 Å². The van der Waals surface area contributed by atoms with Crippen molar-refractivity contribution in [2.75, 3.05) is 18.2 Å². The van der Waals surface area contributed by atoms with Crippen LogP contribution in [-0.2, 0) is 17.6 Å². The molecule has 9 heteroatoms. The maximum absolute atomic E-state index is 13.4. The zero-order chi connectivity index (χ0) is 26.1. The lowest BCUT2D eigenvalue weighted by atomic mass is 10.0. The van der Waals surface area contributed by atoms with E-state index in [2.05, 4.69) is 11.4 Å². The Morgan fingerprint density at radius 2 is 1.86 bits per heavy atom. The normalized spacial score (nSPS) is 13.3. The van der Waals surface area contributed by atoms with E-state index in [9.17, 15) is 9.59 Å². The second-order valence-electron chi connectivity index (χ2n) is 9.34. The number of aryl methyl sites for hydroxylation is 2. The molecule has 192 valence electrons. The van der Waals surface area contributed by atoms with Gasteiger partial charge in [-0.3, -0.25) is 4.79 Å². The van der Waals surface area contributed by atoms with Gasteiger partial charge >= 0.3 is 5.97 Å². The first-order valence-electron chi connectivity index (χ1n) is 12.3. The summed E-state index contributed by atoms with van der Waals surface area (Å²) in [6, 6.07) is 9.51. The average molecular weight is 536 g/mol. The van der Waals surface area contributed by atoms with Gasteiger partial charge in [0.1, 0.15) is 26.0 Å². The molecular weight excluding hydrogens is 506 g/mol. The summed E-state index contributed by atoms with van der Waals surface area (Å²) in [7, 11) is 1.60. The number of nitrogens with zero attached hydrogens (tertiary/aromatic N) is 1. The fraction of sp³-hybridized carbons (Fsp3) is 0.321. The number of hydrogen-bond donors (Lipinski definition) is 2. The van der Waals surface area contributed by atoms with Gasteiger partial charge in [-0.1, -0.05) is 18.6 Å². The highest BCUT2D eigenvalue weighted by atomic mass is 32.1. The van der Waals surface area contributed by atoms with Gasteiger partial charge in [-0.2, -0.15) is 0 Å². The van der Waals surface area contributed by atoms with Crippen LogP contribution in [0.1, 0.15) is 64.4 Å². The molecule has 4 aromatic rings. The molecule has 1 amide bonds. The van der Waals surface area contributed by atoms with Gasteiger partial charge in [0.2, 0.25) is 0 Å². The molecule has 1 aliphatic carbocycles. The fourth-order valence-corrected chi connectivity index (χ4v) is 6.52. The van der Waals surface area contributed by atoms with E-state index < -0.39 is 5.97 Å². The summed E-state index contributed by atoms with van der Waals surface area (Å²) >= 11 is 2.57. The minimum Gasteiger partial charge on any atom is -0.497 e. The molecule has 0 aliphatic heterocycles. The van der Waals surface area contributed by atoms with Gasteiger partial charge < -0.3 is 20.5 Å². The summed E-state index contributed by atoms with van der Waals surface area (Å²) in [5, 5.41) is 6.02. The van der Waals surface area contributed by atoms with Crippen molar-refractivity contribution in [2.45, 2.75) is 52.1 Å². The summed E-state index contributed by atoms with van der Waals surface area (Å²) in [6.45, 7) is 3.59. The van der Waals surface area contributed by atoms with Crippen molar-refractivity contribution in [3.05, 3.63) is 57.4 Å². The second kappa shape index (κ2) is 10.5. The molecule has 3 aromatic heterocycles. The van der Waals surface area contributed by atoms with Crippen LogP contribution in [0, 0.1) is 0 Å². The maximum Gasteiger partial charge on any atom is 0.342 e. The van der Waals surface area contributed by atoms with Crippen LogP contribution < -0.4 is 15.8 Å². The number of nitrogens with two attached hydrogens (primary N) is 1. The molecule has 0 saturated heterocycles. The van der Waals surface area contributed by atoms with E-state index in [1.165, 1.54) is 34.7 Å². The van der Waals surface area contributed by atoms with Crippen molar-refractivity contribution < 1.29 is 19.1 Å². The van der Waals surface area contributed by atoms with Crippen LogP contribution in [0.5, 0.6) is 5.75 Å². The smallest absolute Gasteiger partial charge is 0.342 e. The number of carbonyl (C=O) groups excluding carboxylic acids is 2. The Bertz CT molecular complexity index is 1470. The molecule has 0 unspecified atom stereocenters. The van der Waals surface area contributed by atoms with E-state index in [0.717, 1.165) is 47.2 Å². The molecule has 37 heavy (non-hydrogen) atoms. The number of aromatic nitrogens is 1. The van der Waals surface area contributed by atoms with Gasteiger partial charge in [0.05, 0.1) is 18.9 Å². The van der Waals surface area contributed by atoms with Crippen LogP contribution in [0.2, 0.25) is 0 Å². The summed E-state index contributed by atoms with van der Waals surface area (Å²) in [5.74, 6) is -0.144. The summed E-state index contributed by atoms with van der Waals surface area (Å²) in [4.78, 5) is 32.6. The number of rotatable bonds is 6. The average Bonchev–Trinajstić information content (AvgIpc) is 3.34. The molecule has 0 atom stereocenters. The zero-order valence-corrected chi connectivity index (χ0v) is 22.7. The number of ether oxygens (including phenoxy) is 2. The Morgan fingerprint density at radius 3 is 2.59 bits per heavy atom.